The van der Waals surface area contributed by atoms with E-state index in [1.165, 1.54) is 12.1 Å². The Balaban J connectivity index is 1.72. The molecule has 3 rings (SSSR count). The molecule has 11 heteroatoms. The summed E-state index contributed by atoms with van der Waals surface area (Å²) < 4.78 is 0. The van der Waals surface area contributed by atoms with Crippen molar-refractivity contribution in [3.8, 4) is 11.3 Å². The summed E-state index contributed by atoms with van der Waals surface area (Å²) >= 11 is 1.03. The minimum Gasteiger partial charge on any atom is -0.366 e. The fourth-order valence-corrected chi connectivity index (χ4v) is 3.55. The zero-order valence-electron chi connectivity index (χ0n) is 18.8. The van der Waals surface area contributed by atoms with Crippen LogP contribution in [0.4, 0.5) is 11.4 Å². The number of amides is 3. The van der Waals surface area contributed by atoms with Crippen LogP contribution in [0.2, 0.25) is 0 Å². The maximum atomic E-state index is 12.7. The number of aromatic nitrogens is 3. The van der Waals surface area contributed by atoms with Crippen LogP contribution in [0.5, 0.6) is 0 Å². The summed E-state index contributed by atoms with van der Waals surface area (Å²) in [6.45, 7) is 5.19. The molecule has 1 aromatic heterocycles. The number of hydrogen-bond acceptors (Lipinski definition) is 7. The van der Waals surface area contributed by atoms with Crippen molar-refractivity contribution >= 4 is 40.9 Å². The van der Waals surface area contributed by atoms with Gasteiger partial charge in [-0.3, -0.25) is 24.2 Å². The Hall–Kier alpha value is -3.99. The second-order valence-corrected chi connectivity index (χ2v) is 9.02. The lowest BCUT2D eigenvalue weighted by atomic mass is 10.1. The van der Waals surface area contributed by atoms with Crippen LogP contribution in [0.1, 0.15) is 31.1 Å². The third-order valence-electron chi connectivity index (χ3n) is 4.74. The Labute approximate surface area is 199 Å². The first kappa shape index (κ1) is 24.6. The van der Waals surface area contributed by atoms with Gasteiger partial charge in [-0.25, -0.2) is 0 Å². The number of para-hydroxylation sites is 1. The Morgan fingerprint density at radius 2 is 1.62 bits per heavy atom. The Bertz CT molecular complexity index is 1270. The van der Waals surface area contributed by atoms with Crippen LogP contribution in [0.3, 0.4) is 0 Å². The smallest absolute Gasteiger partial charge is 0.278 e. The summed E-state index contributed by atoms with van der Waals surface area (Å²) in [5, 5.41) is 13.2. The lowest BCUT2D eigenvalue weighted by Gasteiger charge is -2.13. The molecule has 0 saturated heterocycles. The van der Waals surface area contributed by atoms with Crippen molar-refractivity contribution in [2.75, 3.05) is 10.6 Å². The number of thioether (sulfide) groups is 1. The molecule has 1 heterocycles. The minimum atomic E-state index is -0.607. The molecule has 0 spiro atoms. The number of nitrogens with one attached hydrogen (secondary N) is 3. The normalized spacial score (nSPS) is 11.6. The highest BCUT2D eigenvalue weighted by atomic mass is 32.2. The number of rotatable bonds is 8. The first-order valence-electron chi connectivity index (χ1n) is 10.4. The number of H-pyrrole nitrogens is 1. The van der Waals surface area contributed by atoms with E-state index < -0.39 is 16.7 Å². The van der Waals surface area contributed by atoms with Crippen LogP contribution >= 0.6 is 11.8 Å². The summed E-state index contributed by atoms with van der Waals surface area (Å²) in [6.07, 6.45) is 0. The number of primary amides is 1. The fraction of sp³-hybridized carbons (Fsp3) is 0.217. The number of carbonyl (C=O) groups is 3. The quantitative estimate of drug-likeness (QED) is 0.361. The van der Waals surface area contributed by atoms with Crippen molar-refractivity contribution in [1.82, 2.24) is 15.2 Å². The molecule has 0 aliphatic carbocycles. The topological polar surface area (TPSA) is 160 Å². The summed E-state index contributed by atoms with van der Waals surface area (Å²) in [7, 11) is 0. The molecular formula is C23H24N6O4S. The molecule has 1 atom stereocenters. The molecular weight excluding hydrogens is 456 g/mol. The molecule has 0 fully saturated rings. The van der Waals surface area contributed by atoms with Crippen LogP contribution in [0, 0.1) is 5.92 Å². The summed E-state index contributed by atoms with van der Waals surface area (Å²) in [6, 6.07) is 13.0. The van der Waals surface area contributed by atoms with Crippen molar-refractivity contribution in [1.29, 1.82) is 0 Å². The Morgan fingerprint density at radius 3 is 2.24 bits per heavy atom. The van der Waals surface area contributed by atoms with Crippen molar-refractivity contribution < 1.29 is 14.4 Å². The summed E-state index contributed by atoms with van der Waals surface area (Å²) in [4.78, 5) is 51.1. The maximum Gasteiger partial charge on any atom is 0.278 e. The molecule has 3 amide bonds. The van der Waals surface area contributed by atoms with E-state index in [0.29, 0.717) is 22.5 Å². The predicted molar refractivity (Wildman–Crippen MR) is 130 cm³/mol. The molecule has 176 valence electrons. The fourth-order valence-electron chi connectivity index (χ4n) is 2.81. The molecule has 2 aromatic carbocycles. The van der Waals surface area contributed by atoms with Crippen LogP contribution < -0.4 is 21.9 Å². The molecule has 0 radical (unpaired) electrons. The Kier molecular flexibility index (Phi) is 7.79. The number of carbonyl (C=O) groups excluding carboxylic acids is 3. The van der Waals surface area contributed by atoms with E-state index in [2.05, 4.69) is 25.8 Å². The third kappa shape index (κ3) is 6.07. The summed E-state index contributed by atoms with van der Waals surface area (Å²) in [5.74, 6) is -1.30. The SMILES string of the molecule is CC(C)C(=O)Nc1ccccc1-c1nnc(S[C@H](C)C(=O)Nc2ccc(C(N)=O)cc2)[nH]c1=O. The third-order valence-corrected chi connectivity index (χ3v) is 5.71. The van der Waals surface area contributed by atoms with Gasteiger partial charge in [0.1, 0.15) is 0 Å². The van der Waals surface area contributed by atoms with E-state index in [4.69, 9.17) is 5.73 Å². The largest absolute Gasteiger partial charge is 0.366 e. The van der Waals surface area contributed by atoms with E-state index in [0.717, 1.165) is 11.8 Å². The molecule has 34 heavy (non-hydrogen) atoms. The van der Waals surface area contributed by atoms with Gasteiger partial charge in [0.2, 0.25) is 17.7 Å². The van der Waals surface area contributed by atoms with E-state index in [-0.39, 0.29) is 28.6 Å². The van der Waals surface area contributed by atoms with E-state index in [1.807, 2.05) is 0 Å². The molecule has 0 saturated carbocycles. The lowest BCUT2D eigenvalue weighted by molar-refractivity contribution is -0.119. The van der Waals surface area contributed by atoms with Gasteiger partial charge in [-0.05, 0) is 37.3 Å². The zero-order chi connectivity index (χ0) is 24.8. The molecule has 5 N–H and O–H groups in total. The van der Waals surface area contributed by atoms with Gasteiger partial charge in [-0.1, -0.05) is 43.8 Å². The van der Waals surface area contributed by atoms with Gasteiger partial charge >= 0.3 is 0 Å². The van der Waals surface area contributed by atoms with E-state index in [1.54, 1.807) is 57.2 Å². The average Bonchev–Trinajstić information content (AvgIpc) is 2.80. The van der Waals surface area contributed by atoms with Gasteiger partial charge < -0.3 is 16.4 Å². The van der Waals surface area contributed by atoms with Crippen LogP contribution in [-0.2, 0) is 9.59 Å². The van der Waals surface area contributed by atoms with Crippen LogP contribution in [-0.4, -0.2) is 38.2 Å². The van der Waals surface area contributed by atoms with Gasteiger partial charge in [0.15, 0.2) is 10.9 Å². The first-order chi connectivity index (χ1) is 16.2. The van der Waals surface area contributed by atoms with Gasteiger partial charge in [-0.2, -0.15) is 0 Å². The van der Waals surface area contributed by atoms with Crippen molar-refractivity contribution in [3.05, 3.63) is 64.4 Å². The minimum absolute atomic E-state index is 0.0515. The van der Waals surface area contributed by atoms with Gasteiger partial charge in [0, 0.05) is 22.7 Å². The number of anilines is 2. The van der Waals surface area contributed by atoms with Crippen LogP contribution in [0.15, 0.2) is 58.5 Å². The number of benzene rings is 2. The number of hydrogen-bond donors (Lipinski definition) is 4. The molecule has 0 aliphatic heterocycles. The van der Waals surface area contributed by atoms with Gasteiger partial charge in [0.25, 0.3) is 5.56 Å². The average molecular weight is 481 g/mol. The van der Waals surface area contributed by atoms with Crippen LogP contribution in [0.25, 0.3) is 11.3 Å². The number of nitrogens with two attached hydrogens (primary N) is 1. The van der Waals surface area contributed by atoms with Gasteiger partial charge in [-0.15, -0.1) is 10.2 Å². The second-order valence-electron chi connectivity index (χ2n) is 7.69. The number of nitrogens with zero attached hydrogens (tertiary/aromatic N) is 2. The summed E-state index contributed by atoms with van der Waals surface area (Å²) in [5.41, 5.74) is 6.48. The van der Waals surface area contributed by atoms with E-state index >= 15 is 0 Å². The number of aromatic amines is 1. The molecule has 10 nitrogen and oxygen atoms in total. The highest BCUT2D eigenvalue weighted by Crippen LogP contribution is 2.25. The molecule has 0 unspecified atom stereocenters. The van der Waals surface area contributed by atoms with Crippen molar-refractivity contribution in [2.45, 2.75) is 31.2 Å². The van der Waals surface area contributed by atoms with Gasteiger partial charge in [0.05, 0.1) is 10.9 Å². The van der Waals surface area contributed by atoms with E-state index in [9.17, 15) is 19.2 Å². The standard InChI is InChI=1S/C23H24N6O4S/c1-12(2)20(31)26-17-7-5-4-6-16(17)18-22(33)27-23(29-28-18)34-13(3)21(32)25-15-10-8-14(9-11-15)19(24)30/h4-13H,1-3H3,(H2,24,30)(H,25,32)(H,26,31)(H,27,29,33)/t13-/m1/s1. The maximum absolute atomic E-state index is 12.7. The molecule has 3 aromatic rings. The zero-order valence-corrected chi connectivity index (χ0v) is 19.6. The van der Waals surface area contributed by atoms with Crippen molar-refractivity contribution in [3.63, 3.8) is 0 Å². The lowest BCUT2D eigenvalue weighted by Crippen LogP contribution is -2.24. The highest BCUT2D eigenvalue weighted by Gasteiger charge is 2.19. The molecule has 0 aliphatic rings. The first-order valence-corrected chi connectivity index (χ1v) is 11.3. The highest BCUT2D eigenvalue weighted by molar-refractivity contribution is 8.00. The predicted octanol–water partition coefficient (Wildman–Crippen LogP) is 2.64. The Morgan fingerprint density at radius 1 is 0.941 bits per heavy atom. The van der Waals surface area contributed by atoms with Crippen molar-refractivity contribution in [2.24, 2.45) is 11.7 Å². The second kappa shape index (κ2) is 10.8. The monoisotopic (exact) mass is 480 g/mol. The molecule has 0 bridgehead atoms.